The van der Waals surface area contributed by atoms with E-state index in [1.165, 1.54) is 0 Å². The van der Waals surface area contributed by atoms with E-state index in [-0.39, 0.29) is 17.6 Å². The number of anilines is 1. The number of hydrogen-bond acceptors (Lipinski definition) is 5. The van der Waals surface area contributed by atoms with Crippen LogP contribution in [0.3, 0.4) is 0 Å². The highest BCUT2D eigenvalue weighted by molar-refractivity contribution is 6.00. The van der Waals surface area contributed by atoms with E-state index in [0.717, 1.165) is 25.9 Å². The number of Topliss-reactive ketones (excluding diaryl/α,β-unsaturated/α-hetero) is 1. The molecule has 5 nitrogen and oxygen atoms in total. The topological polar surface area (TPSA) is 64.8 Å². The molecule has 0 radical (unpaired) electrons. The van der Waals surface area contributed by atoms with Gasteiger partial charge >= 0.3 is 0 Å². The first-order chi connectivity index (χ1) is 10.1. The van der Waals surface area contributed by atoms with Gasteiger partial charge < -0.3 is 15.2 Å². The van der Waals surface area contributed by atoms with Crippen molar-refractivity contribution in [2.45, 2.75) is 31.6 Å². The highest BCUT2D eigenvalue weighted by Gasteiger charge is 2.41. The predicted octanol–water partition coefficient (Wildman–Crippen LogP) is 1.68. The molecule has 0 bridgehead atoms. The Bertz CT molecular complexity index is 499. The fourth-order valence-electron chi connectivity index (χ4n) is 3.09. The second kappa shape index (κ2) is 5.75. The molecule has 2 aliphatic heterocycles. The minimum absolute atomic E-state index is 0.132. The number of hydrogen-bond donors (Lipinski definition) is 1. The van der Waals surface area contributed by atoms with Gasteiger partial charge in [0, 0.05) is 37.2 Å². The van der Waals surface area contributed by atoms with Gasteiger partial charge in [0.25, 0.3) is 0 Å². The second-order valence-corrected chi connectivity index (χ2v) is 5.81. The Hall–Kier alpha value is -1.43. The molecular formula is C16H22N2O3. The Morgan fingerprint density at radius 1 is 1.19 bits per heavy atom. The first-order valence-corrected chi connectivity index (χ1v) is 7.51. The summed E-state index contributed by atoms with van der Waals surface area (Å²) in [6, 6.07) is 7.00. The molecule has 1 aromatic rings. The number of carbonyl (C=O) groups is 1. The van der Waals surface area contributed by atoms with Gasteiger partial charge in [0.2, 0.25) is 0 Å². The Balaban J connectivity index is 1.62. The maximum absolute atomic E-state index is 12.5. The molecule has 0 saturated carbocycles. The molecule has 0 aromatic heterocycles. The van der Waals surface area contributed by atoms with Crippen molar-refractivity contribution in [1.29, 1.82) is 0 Å². The van der Waals surface area contributed by atoms with Crippen molar-refractivity contribution in [3.8, 4) is 0 Å². The summed E-state index contributed by atoms with van der Waals surface area (Å²) in [6.07, 6.45) is 1.65. The van der Waals surface area contributed by atoms with Crippen LogP contribution in [-0.4, -0.2) is 48.8 Å². The average molecular weight is 290 g/mol. The number of ether oxygens (including phenoxy) is 2. The van der Waals surface area contributed by atoms with E-state index in [0.29, 0.717) is 24.5 Å². The summed E-state index contributed by atoms with van der Waals surface area (Å²) in [5, 5.41) is 0. The number of rotatable bonds is 3. The van der Waals surface area contributed by atoms with Crippen molar-refractivity contribution in [2.75, 3.05) is 32.0 Å². The number of nitrogens with two attached hydrogens (primary N) is 1. The average Bonchev–Trinajstić information content (AvgIpc) is 2.96. The van der Waals surface area contributed by atoms with Gasteiger partial charge in [0.05, 0.1) is 19.3 Å². The maximum atomic E-state index is 12.5. The lowest BCUT2D eigenvalue weighted by Gasteiger charge is -2.39. The number of likely N-dealkylation sites (tertiary alicyclic amines) is 1. The SMILES string of the molecule is CC(C(=O)c1ccc(N)cc1)N1CCC2(CC1)OCCO2. The molecule has 5 heteroatoms. The number of benzene rings is 1. The summed E-state index contributed by atoms with van der Waals surface area (Å²) in [5.41, 5.74) is 7.05. The van der Waals surface area contributed by atoms with Crippen LogP contribution in [0.1, 0.15) is 30.1 Å². The first-order valence-electron chi connectivity index (χ1n) is 7.51. The summed E-state index contributed by atoms with van der Waals surface area (Å²) >= 11 is 0. The van der Waals surface area contributed by atoms with E-state index >= 15 is 0 Å². The quantitative estimate of drug-likeness (QED) is 0.678. The van der Waals surface area contributed by atoms with Crippen LogP contribution in [0.2, 0.25) is 0 Å². The third kappa shape index (κ3) is 2.95. The van der Waals surface area contributed by atoms with Gasteiger partial charge in [-0.1, -0.05) is 0 Å². The molecule has 2 aliphatic rings. The van der Waals surface area contributed by atoms with Crippen molar-refractivity contribution in [3.63, 3.8) is 0 Å². The maximum Gasteiger partial charge on any atom is 0.179 e. The second-order valence-electron chi connectivity index (χ2n) is 5.81. The zero-order valence-electron chi connectivity index (χ0n) is 12.4. The van der Waals surface area contributed by atoms with E-state index in [1.54, 1.807) is 24.3 Å². The highest BCUT2D eigenvalue weighted by atomic mass is 16.7. The summed E-state index contributed by atoms with van der Waals surface area (Å²) in [5.74, 6) is -0.250. The molecule has 0 aliphatic carbocycles. The summed E-state index contributed by atoms with van der Waals surface area (Å²) in [4.78, 5) is 14.7. The Morgan fingerprint density at radius 3 is 2.33 bits per heavy atom. The van der Waals surface area contributed by atoms with Crippen LogP contribution in [0.15, 0.2) is 24.3 Å². The lowest BCUT2D eigenvalue weighted by molar-refractivity contribution is -0.186. The van der Waals surface area contributed by atoms with Crippen LogP contribution >= 0.6 is 0 Å². The third-order valence-electron chi connectivity index (χ3n) is 4.50. The minimum Gasteiger partial charge on any atom is -0.399 e. The van der Waals surface area contributed by atoms with Gasteiger partial charge in [-0.05, 0) is 31.2 Å². The van der Waals surface area contributed by atoms with E-state index in [4.69, 9.17) is 15.2 Å². The van der Waals surface area contributed by atoms with Gasteiger partial charge in [-0.25, -0.2) is 0 Å². The van der Waals surface area contributed by atoms with E-state index < -0.39 is 0 Å². The summed E-state index contributed by atoms with van der Waals surface area (Å²) in [7, 11) is 0. The highest BCUT2D eigenvalue weighted by Crippen LogP contribution is 2.32. The molecule has 2 fully saturated rings. The van der Waals surface area contributed by atoms with Crippen molar-refractivity contribution in [1.82, 2.24) is 4.90 Å². The molecule has 1 aromatic carbocycles. The molecule has 1 atom stereocenters. The van der Waals surface area contributed by atoms with Crippen molar-refractivity contribution in [3.05, 3.63) is 29.8 Å². The molecule has 1 unspecified atom stereocenters. The Morgan fingerprint density at radius 2 is 1.76 bits per heavy atom. The number of ketones is 1. The van der Waals surface area contributed by atoms with Crippen molar-refractivity contribution < 1.29 is 14.3 Å². The molecule has 2 heterocycles. The minimum atomic E-state index is -0.388. The van der Waals surface area contributed by atoms with E-state index in [2.05, 4.69) is 4.90 Å². The van der Waals surface area contributed by atoms with Gasteiger partial charge in [-0.2, -0.15) is 0 Å². The van der Waals surface area contributed by atoms with Gasteiger partial charge in [0.1, 0.15) is 0 Å². The number of nitrogen functional groups attached to an aromatic ring is 1. The lowest BCUT2D eigenvalue weighted by Crippen LogP contribution is -2.50. The van der Waals surface area contributed by atoms with Crippen LogP contribution in [0.5, 0.6) is 0 Å². The normalized spacial score (nSPS) is 23.3. The largest absolute Gasteiger partial charge is 0.399 e. The van der Waals surface area contributed by atoms with Gasteiger partial charge in [-0.15, -0.1) is 0 Å². The first kappa shape index (κ1) is 14.5. The number of piperidine rings is 1. The smallest absolute Gasteiger partial charge is 0.179 e. The molecule has 1 spiro atoms. The van der Waals surface area contributed by atoms with Gasteiger partial charge in [0.15, 0.2) is 11.6 Å². The Labute approximate surface area is 125 Å². The molecule has 2 saturated heterocycles. The molecule has 2 N–H and O–H groups in total. The fourth-order valence-corrected chi connectivity index (χ4v) is 3.09. The predicted molar refractivity (Wildman–Crippen MR) is 80.1 cm³/mol. The third-order valence-corrected chi connectivity index (χ3v) is 4.50. The molecule has 0 amide bonds. The zero-order chi connectivity index (χ0) is 14.9. The van der Waals surface area contributed by atoms with Crippen LogP contribution in [0.25, 0.3) is 0 Å². The summed E-state index contributed by atoms with van der Waals surface area (Å²) < 4.78 is 11.4. The lowest BCUT2D eigenvalue weighted by atomic mass is 9.98. The monoisotopic (exact) mass is 290 g/mol. The van der Waals surface area contributed by atoms with Crippen LogP contribution < -0.4 is 5.73 Å². The number of carbonyl (C=O) groups excluding carboxylic acids is 1. The fraction of sp³-hybridized carbons (Fsp3) is 0.562. The van der Waals surface area contributed by atoms with Crippen molar-refractivity contribution in [2.24, 2.45) is 0 Å². The molecule has 21 heavy (non-hydrogen) atoms. The molecule has 3 rings (SSSR count). The Kier molecular flexibility index (Phi) is 3.97. The van der Waals surface area contributed by atoms with Crippen LogP contribution in [-0.2, 0) is 9.47 Å². The zero-order valence-corrected chi connectivity index (χ0v) is 12.4. The molecular weight excluding hydrogens is 268 g/mol. The van der Waals surface area contributed by atoms with Crippen molar-refractivity contribution >= 4 is 11.5 Å². The standard InChI is InChI=1S/C16H22N2O3/c1-12(15(19)13-2-4-14(17)5-3-13)18-8-6-16(7-9-18)20-10-11-21-16/h2-5,12H,6-11,17H2,1H3. The van der Waals surface area contributed by atoms with Crippen LogP contribution in [0.4, 0.5) is 5.69 Å². The van der Waals surface area contributed by atoms with Crippen LogP contribution in [0, 0.1) is 0 Å². The number of nitrogens with zero attached hydrogens (tertiary/aromatic N) is 1. The van der Waals surface area contributed by atoms with E-state index in [1.807, 2.05) is 6.92 Å². The van der Waals surface area contributed by atoms with E-state index in [9.17, 15) is 4.79 Å². The summed E-state index contributed by atoms with van der Waals surface area (Å²) in [6.45, 7) is 4.97. The molecule has 114 valence electrons. The van der Waals surface area contributed by atoms with Gasteiger partial charge in [-0.3, -0.25) is 9.69 Å².